The molecule has 0 amide bonds. The van der Waals surface area contributed by atoms with E-state index in [0.29, 0.717) is 0 Å². The summed E-state index contributed by atoms with van der Waals surface area (Å²) in [5.74, 6) is 0. The van der Waals surface area contributed by atoms with Crippen LogP contribution < -0.4 is 5.73 Å². The molecule has 0 aromatic rings. The third-order valence-corrected chi connectivity index (χ3v) is 2.48. The Kier molecular flexibility index (Phi) is 2.87. The predicted octanol–water partition coefficient (Wildman–Crippen LogP) is 0.265. The summed E-state index contributed by atoms with van der Waals surface area (Å²) in [5.41, 5.74) is 5.52. The standard InChI is InChI=1S/C8H17NO2/c1-11-7-3-2-4-8(9,5-7)6-10/h7,10H,2-6,9H2,1H3. The Hall–Kier alpha value is -0.120. The van der Waals surface area contributed by atoms with E-state index in [1.165, 1.54) is 0 Å². The van der Waals surface area contributed by atoms with Crippen molar-refractivity contribution >= 4 is 0 Å². The third-order valence-electron chi connectivity index (χ3n) is 2.48. The highest BCUT2D eigenvalue weighted by Gasteiger charge is 2.31. The summed E-state index contributed by atoms with van der Waals surface area (Å²) < 4.78 is 5.20. The molecule has 0 saturated heterocycles. The van der Waals surface area contributed by atoms with E-state index in [1.807, 2.05) is 0 Å². The highest BCUT2D eigenvalue weighted by Crippen LogP contribution is 2.27. The first kappa shape index (κ1) is 8.97. The van der Waals surface area contributed by atoms with E-state index in [1.54, 1.807) is 7.11 Å². The van der Waals surface area contributed by atoms with Crippen LogP contribution in [0.4, 0.5) is 0 Å². The average molecular weight is 159 g/mol. The van der Waals surface area contributed by atoms with Gasteiger partial charge in [0, 0.05) is 12.6 Å². The zero-order valence-electron chi connectivity index (χ0n) is 7.05. The predicted molar refractivity (Wildman–Crippen MR) is 43.3 cm³/mol. The van der Waals surface area contributed by atoms with Gasteiger partial charge in [-0.15, -0.1) is 0 Å². The fourth-order valence-corrected chi connectivity index (χ4v) is 1.68. The van der Waals surface area contributed by atoms with Crippen LogP contribution in [0.2, 0.25) is 0 Å². The lowest BCUT2D eigenvalue weighted by Gasteiger charge is -2.35. The molecule has 1 saturated carbocycles. The van der Waals surface area contributed by atoms with Crippen molar-refractivity contribution in [3.05, 3.63) is 0 Å². The Morgan fingerprint density at radius 3 is 3.00 bits per heavy atom. The molecule has 2 atom stereocenters. The minimum atomic E-state index is -0.376. The molecule has 3 N–H and O–H groups in total. The van der Waals surface area contributed by atoms with Gasteiger partial charge in [0.05, 0.1) is 12.7 Å². The molecule has 1 aliphatic carbocycles. The fourth-order valence-electron chi connectivity index (χ4n) is 1.68. The van der Waals surface area contributed by atoms with Crippen molar-refractivity contribution in [1.82, 2.24) is 0 Å². The molecule has 1 aliphatic rings. The minimum Gasteiger partial charge on any atom is -0.394 e. The number of methoxy groups -OCH3 is 1. The van der Waals surface area contributed by atoms with E-state index >= 15 is 0 Å². The lowest BCUT2D eigenvalue weighted by Crippen LogP contribution is -2.49. The molecule has 2 unspecified atom stereocenters. The van der Waals surface area contributed by atoms with Crippen molar-refractivity contribution in [2.45, 2.75) is 37.3 Å². The molecule has 66 valence electrons. The topological polar surface area (TPSA) is 55.5 Å². The van der Waals surface area contributed by atoms with Gasteiger partial charge in [0.25, 0.3) is 0 Å². The van der Waals surface area contributed by atoms with Crippen LogP contribution in [0.25, 0.3) is 0 Å². The fraction of sp³-hybridized carbons (Fsp3) is 1.00. The molecular weight excluding hydrogens is 142 g/mol. The Morgan fingerprint density at radius 1 is 1.73 bits per heavy atom. The van der Waals surface area contributed by atoms with Crippen LogP contribution in [0.1, 0.15) is 25.7 Å². The maximum Gasteiger partial charge on any atom is 0.0612 e. The maximum absolute atomic E-state index is 8.98. The van der Waals surface area contributed by atoms with Crippen molar-refractivity contribution in [2.24, 2.45) is 5.73 Å². The zero-order valence-corrected chi connectivity index (χ0v) is 7.05. The largest absolute Gasteiger partial charge is 0.394 e. The van der Waals surface area contributed by atoms with E-state index in [-0.39, 0.29) is 18.2 Å². The Balaban J connectivity index is 2.44. The number of nitrogens with two attached hydrogens (primary N) is 1. The molecule has 1 rings (SSSR count). The van der Waals surface area contributed by atoms with Crippen LogP contribution in [-0.2, 0) is 4.74 Å². The van der Waals surface area contributed by atoms with Crippen molar-refractivity contribution < 1.29 is 9.84 Å². The van der Waals surface area contributed by atoms with Crippen LogP contribution in [0.3, 0.4) is 0 Å². The molecule has 0 aromatic carbocycles. The number of rotatable bonds is 2. The van der Waals surface area contributed by atoms with Crippen LogP contribution >= 0.6 is 0 Å². The normalized spacial score (nSPS) is 39.0. The summed E-state index contributed by atoms with van der Waals surface area (Å²) in [5, 5.41) is 8.98. The summed E-state index contributed by atoms with van der Waals surface area (Å²) in [6.07, 6.45) is 4.11. The molecular formula is C8H17NO2. The number of hydrogen-bond acceptors (Lipinski definition) is 3. The van der Waals surface area contributed by atoms with Gasteiger partial charge in [-0.2, -0.15) is 0 Å². The van der Waals surface area contributed by atoms with Crippen molar-refractivity contribution in [1.29, 1.82) is 0 Å². The second-order valence-corrected chi connectivity index (χ2v) is 3.47. The summed E-state index contributed by atoms with van der Waals surface area (Å²) >= 11 is 0. The number of hydrogen-bond donors (Lipinski definition) is 2. The lowest BCUT2D eigenvalue weighted by molar-refractivity contribution is 0.0241. The molecule has 3 nitrogen and oxygen atoms in total. The second-order valence-electron chi connectivity index (χ2n) is 3.47. The monoisotopic (exact) mass is 159 g/mol. The number of ether oxygens (including phenoxy) is 1. The first-order valence-corrected chi connectivity index (χ1v) is 4.13. The number of aliphatic hydroxyl groups excluding tert-OH is 1. The van der Waals surface area contributed by atoms with Gasteiger partial charge in [-0.3, -0.25) is 0 Å². The lowest BCUT2D eigenvalue weighted by atomic mass is 9.81. The van der Waals surface area contributed by atoms with Gasteiger partial charge in [-0.1, -0.05) is 0 Å². The van der Waals surface area contributed by atoms with E-state index in [2.05, 4.69) is 0 Å². The Labute approximate surface area is 67.5 Å². The minimum absolute atomic E-state index is 0.0762. The molecule has 3 heteroatoms. The van der Waals surface area contributed by atoms with E-state index in [4.69, 9.17) is 15.6 Å². The summed E-state index contributed by atoms with van der Waals surface area (Å²) in [6, 6.07) is 0. The summed E-state index contributed by atoms with van der Waals surface area (Å²) in [6.45, 7) is 0.0762. The highest BCUT2D eigenvalue weighted by molar-refractivity contribution is 4.90. The van der Waals surface area contributed by atoms with E-state index in [0.717, 1.165) is 25.7 Å². The van der Waals surface area contributed by atoms with Gasteiger partial charge >= 0.3 is 0 Å². The molecule has 11 heavy (non-hydrogen) atoms. The van der Waals surface area contributed by atoms with Gasteiger partial charge in [0.2, 0.25) is 0 Å². The Bertz CT molecular complexity index is 129. The molecule has 0 aliphatic heterocycles. The van der Waals surface area contributed by atoms with Gasteiger partial charge in [-0.05, 0) is 25.7 Å². The third kappa shape index (κ3) is 2.15. The highest BCUT2D eigenvalue weighted by atomic mass is 16.5. The molecule has 0 aromatic heterocycles. The van der Waals surface area contributed by atoms with Crippen LogP contribution in [0, 0.1) is 0 Å². The molecule has 1 fully saturated rings. The molecule has 0 spiro atoms. The van der Waals surface area contributed by atoms with Gasteiger partial charge < -0.3 is 15.6 Å². The first-order valence-electron chi connectivity index (χ1n) is 4.13. The maximum atomic E-state index is 8.98. The molecule has 0 radical (unpaired) electrons. The second kappa shape index (κ2) is 3.52. The number of aliphatic hydroxyl groups is 1. The quantitative estimate of drug-likeness (QED) is 0.608. The van der Waals surface area contributed by atoms with Crippen LogP contribution in [0.5, 0.6) is 0 Å². The van der Waals surface area contributed by atoms with Crippen molar-refractivity contribution in [3.63, 3.8) is 0 Å². The first-order chi connectivity index (χ1) is 5.20. The summed E-state index contributed by atoms with van der Waals surface area (Å²) in [7, 11) is 1.70. The van der Waals surface area contributed by atoms with Crippen LogP contribution in [-0.4, -0.2) is 30.5 Å². The van der Waals surface area contributed by atoms with Crippen LogP contribution in [0.15, 0.2) is 0 Å². The summed E-state index contributed by atoms with van der Waals surface area (Å²) in [4.78, 5) is 0. The van der Waals surface area contributed by atoms with Gasteiger partial charge in [0.1, 0.15) is 0 Å². The Morgan fingerprint density at radius 2 is 2.45 bits per heavy atom. The van der Waals surface area contributed by atoms with E-state index in [9.17, 15) is 0 Å². The SMILES string of the molecule is COC1CCCC(N)(CO)C1. The van der Waals surface area contributed by atoms with Crippen molar-refractivity contribution in [2.75, 3.05) is 13.7 Å². The molecule has 0 heterocycles. The smallest absolute Gasteiger partial charge is 0.0612 e. The van der Waals surface area contributed by atoms with Gasteiger partial charge in [0.15, 0.2) is 0 Å². The van der Waals surface area contributed by atoms with Crippen molar-refractivity contribution in [3.8, 4) is 0 Å². The molecule has 0 bridgehead atoms. The van der Waals surface area contributed by atoms with E-state index < -0.39 is 0 Å². The van der Waals surface area contributed by atoms with Gasteiger partial charge in [-0.25, -0.2) is 0 Å². The average Bonchev–Trinajstić information content (AvgIpc) is 2.05. The zero-order chi connectivity index (χ0) is 8.32.